The lowest BCUT2D eigenvalue weighted by molar-refractivity contribution is -0.143. The molecule has 0 heterocycles. The molecule has 1 aromatic carbocycles. The van der Waals surface area contributed by atoms with Crippen LogP contribution in [0.3, 0.4) is 0 Å². The molecule has 3 atom stereocenters. The van der Waals surface area contributed by atoms with E-state index in [4.69, 9.17) is 5.21 Å². The summed E-state index contributed by atoms with van der Waals surface area (Å²) in [6, 6.07) is 7.77. The number of hydrogen-bond acceptors (Lipinski definition) is 5. The number of amides is 2. The van der Waals surface area contributed by atoms with E-state index >= 15 is 0 Å². The fourth-order valence-corrected chi connectivity index (χ4v) is 2.59. The lowest BCUT2D eigenvalue weighted by atomic mass is 9.95. The molecule has 8 heteroatoms. The van der Waals surface area contributed by atoms with Gasteiger partial charge in [0, 0.05) is 18.8 Å². The summed E-state index contributed by atoms with van der Waals surface area (Å²) in [7, 11) is 0. The molecule has 0 radical (unpaired) electrons. The molecule has 26 heavy (non-hydrogen) atoms. The predicted molar refractivity (Wildman–Crippen MR) is 93.3 cm³/mol. The standard InChI is InChI=1S/C18H26N2O6/c1-12(21)6-5-9-14(11-16(22)20-26)17(23)19-15(18(24)25)10-13-7-3-2-4-8-13/h2-4,7-8,12,14-15,21,26H,5-6,9-11H2,1H3,(H,19,23)(H,20,22)(H,24,25)/t12?,14-,15+/m1/s1. The van der Waals surface area contributed by atoms with Gasteiger partial charge >= 0.3 is 5.97 Å². The van der Waals surface area contributed by atoms with Gasteiger partial charge in [0.25, 0.3) is 0 Å². The summed E-state index contributed by atoms with van der Waals surface area (Å²) in [6.07, 6.45) is 0.563. The Morgan fingerprint density at radius 1 is 1.12 bits per heavy atom. The Kier molecular flexibility index (Phi) is 9.32. The highest BCUT2D eigenvalue weighted by Gasteiger charge is 2.27. The van der Waals surface area contributed by atoms with E-state index in [0.29, 0.717) is 19.3 Å². The number of nitrogens with one attached hydrogen (secondary N) is 2. The number of aliphatic hydroxyl groups excluding tert-OH is 1. The molecule has 0 fully saturated rings. The molecule has 1 unspecified atom stereocenters. The fraction of sp³-hybridized carbons (Fsp3) is 0.500. The molecular formula is C18H26N2O6. The zero-order chi connectivity index (χ0) is 19.5. The number of carbonyl (C=O) groups is 3. The lowest BCUT2D eigenvalue weighted by Crippen LogP contribution is -2.45. The van der Waals surface area contributed by atoms with E-state index in [0.717, 1.165) is 5.56 Å². The summed E-state index contributed by atoms with van der Waals surface area (Å²) in [6.45, 7) is 1.62. The number of hydrogen-bond donors (Lipinski definition) is 5. The molecule has 5 N–H and O–H groups in total. The van der Waals surface area contributed by atoms with Crippen LogP contribution in [0, 0.1) is 5.92 Å². The second-order valence-electron chi connectivity index (χ2n) is 6.31. The van der Waals surface area contributed by atoms with Crippen molar-refractivity contribution in [2.24, 2.45) is 5.92 Å². The van der Waals surface area contributed by atoms with Gasteiger partial charge in [-0.3, -0.25) is 14.8 Å². The molecule has 0 saturated carbocycles. The third-order valence-corrected chi connectivity index (χ3v) is 4.00. The predicted octanol–water partition coefficient (Wildman–Crippen LogP) is 0.861. The highest BCUT2D eigenvalue weighted by molar-refractivity contribution is 5.88. The Morgan fingerprint density at radius 2 is 1.77 bits per heavy atom. The number of aliphatic hydroxyl groups is 1. The lowest BCUT2D eigenvalue weighted by Gasteiger charge is -2.20. The zero-order valence-electron chi connectivity index (χ0n) is 14.7. The SMILES string of the molecule is CC(O)CCC[C@H](CC(=O)NO)C(=O)N[C@@H](Cc1ccccc1)C(=O)O. The van der Waals surface area contributed by atoms with Gasteiger partial charge in [-0.25, -0.2) is 10.3 Å². The molecule has 0 aliphatic rings. The van der Waals surface area contributed by atoms with Crippen LogP contribution in [0.1, 0.15) is 38.2 Å². The van der Waals surface area contributed by atoms with E-state index in [1.165, 1.54) is 5.48 Å². The van der Waals surface area contributed by atoms with Gasteiger partial charge in [-0.15, -0.1) is 0 Å². The largest absolute Gasteiger partial charge is 0.480 e. The number of carbonyl (C=O) groups excluding carboxylic acids is 2. The molecule has 0 spiro atoms. The van der Waals surface area contributed by atoms with Crippen LogP contribution < -0.4 is 10.8 Å². The first-order valence-electron chi connectivity index (χ1n) is 8.51. The molecule has 0 aliphatic carbocycles. The van der Waals surface area contributed by atoms with E-state index in [-0.39, 0.29) is 12.8 Å². The van der Waals surface area contributed by atoms with Crippen molar-refractivity contribution in [1.29, 1.82) is 0 Å². The molecule has 0 aromatic heterocycles. The summed E-state index contributed by atoms with van der Waals surface area (Å²) in [5.74, 6) is -3.25. The third-order valence-electron chi connectivity index (χ3n) is 4.00. The molecular weight excluding hydrogens is 340 g/mol. The monoisotopic (exact) mass is 366 g/mol. The van der Waals surface area contributed by atoms with Crippen molar-refractivity contribution in [3.05, 3.63) is 35.9 Å². The molecule has 0 aliphatic heterocycles. The van der Waals surface area contributed by atoms with Crippen LogP contribution in [-0.4, -0.2) is 45.3 Å². The normalized spacial score (nSPS) is 14.1. The summed E-state index contributed by atoms with van der Waals surface area (Å²) in [5, 5.41) is 29.8. The number of hydroxylamine groups is 1. The summed E-state index contributed by atoms with van der Waals surface area (Å²) < 4.78 is 0. The Labute approximate surface area is 152 Å². The maximum absolute atomic E-state index is 12.5. The number of rotatable bonds is 11. The smallest absolute Gasteiger partial charge is 0.326 e. The minimum atomic E-state index is -1.17. The van der Waals surface area contributed by atoms with Crippen LogP contribution in [0.15, 0.2) is 30.3 Å². The Bertz CT molecular complexity index is 591. The van der Waals surface area contributed by atoms with Gasteiger partial charge in [0.2, 0.25) is 11.8 Å². The van der Waals surface area contributed by atoms with Crippen LogP contribution in [0.5, 0.6) is 0 Å². The van der Waals surface area contributed by atoms with E-state index in [1.54, 1.807) is 31.2 Å². The molecule has 8 nitrogen and oxygen atoms in total. The topological polar surface area (TPSA) is 136 Å². The van der Waals surface area contributed by atoms with Gasteiger partial charge in [-0.2, -0.15) is 0 Å². The second kappa shape index (κ2) is 11.2. The highest BCUT2D eigenvalue weighted by Crippen LogP contribution is 2.15. The van der Waals surface area contributed by atoms with Crippen molar-refractivity contribution in [3.63, 3.8) is 0 Å². The van der Waals surface area contributed by atoms with Crippen LogP contribution in [0.4, 0.5) is 0 Å². The van der Waals surface area contributed by atoms with E-state index in [2.05, 4.69) is 5.32 Å². The molecule has 0 saturated heterocycles. The van der Waals surface area contributed by atoms with Gasteiger partial charge < -0.3 is 15.5 Å². The van der Waals surface area contributed by atoms with E-state index in [9.17, 15) is 24.6 Å². The number of carboxylic acids is 1. The molecule has 1 rings (SSSR count). The molecule has 144 valence electrons. The summed E-state index contributed by atoms with van der Waals surface area (Å²) in [4.78, 5) is 35.4. The van der Waals surface area contributed by atoms with Crippen molar-refractivity contribution in [1.82, 2.24) is 10.8 Å². The van der Waals surface area contributed by atoms with Crippen LogP contribution >= 0.6 is 0 Å². The Hall–Kier alpha value is -2.45. The van der Waals surface area contributed by atoms with Crippen LogP contribution in [-0.2, 0) is 20.8 Å². The molecule has 1 aromatic rings. The Balaban J connectivity index is 2.75. The van der Waals surface area contributed by atoms with Gasteiger partial charge in [0.05, 0.1) is 6.10 Å². The molecule has 2 amide bonds. The van der Waals surface area contributed by atoms with Crippen molar-refractivity contribution >= 4 is 17.8 Å². The summed E-state index contributed by atoms with van der Waals surface area (Å²) >= 11 is 0. The van der Waals surface area contributed by atoms with Crippen molar-refractivity contribution < 1.29 is 29.8 Å². The number of benzene rings is 1. The maximum Gasteiger partial charge on any atom is 0.326 e. The first-order valence-corrected chi connectivity index (χ1v) is 8.51. The van der Waals surface area contributed by atoms with Crippen molar-refractivity contribution in [3.8, 4) is 0 Å². The van der Waals surface area contributed by atoms with Crippen LogP contribution in [0.2, 0.25) is 0 Å². The fourth-order valence-electron chi connectivity index (χ4n) is 2.59. The first-order chi connectivity index (χ1) is 12.3. The number of carboxylic acid groups (broad SMARTS) is 1. The first kappa shape index (κ1) is 21.6. The van der Waals surface area contributed by atoms with E-state index < -0.39 is 35.8 Å². The second-order valence-corrected chi connectivity index (χ2v) is 6.31. The molecule has 0 bridgehead atoms. The van der Waals surface area contributed by atoms with Crippen LogP contribution in [0.25, 0.3) is 0 Å². The maximum atomic E-state index is 12.5. The minimum absolute atomic E-state index is 0.120. The van der Waals surface area contributed by atoms with Gasteiger partial charge in [-0.05, 0) is 25.3 Å². The van der Waals surface area contributed by atoms with Crippen molar-refractivity contribution in [2.45, 2.75) is 51.2 Å². The summed E-state index contributed by atoms with van der Waals surface area (Å²) in [5.41, 5.74) is 2.24. The highest BCUT2D eigenvalue weighted by atomic mass is 16.5. The zero-order valence-corrected chi connectivity index (χ0v) is 14.7. The van der Waals surface area contributed by atoms with Gasteiger partial charge in [-0.1, -0.05) is 36.8 Å². The third kappa shape index (κ3) is 8.09. The average molecular weight is 366 g/mol. The number of aliphatic carboxylic acids is 1. The van der Waals surface area contributed by atoms with E-state index in [1.807, 2.05) is 6.07 Å². The average Bonchev–Trinajstić information content (AvgIpc) is 2.60. The minimum Gasteiger partial charge on any atom is -0.480 e. The Morgan fingerprint density at radius 3 is 2.31 bits per heavy atom. The van der Waals surface area contributed by atoms with Gasteiger partial charge in [0.15, 0.2) is 0 Å². The van der Waals surface area contributed by atoms with Gasteiger partial charge in [0.1, 0.15) is 6.04 Å². The quantitative estimate of drug-likeness (QED) is 0.291. The van der Waals surface area contributed by atoms with Crippen molar-refractivity contribution in [2.75, 3.05) is 0 Å².